The minimum absolute atomic E-state index is 0.161. The Morgan fingerprint density at radius 3 is 2.80 bits per heavy atom. The maximum absolute atomic E-state index is 5.33. The van der Waals surface area contributed by atoms with Crippen LogP contribution < -0.4 is 5.32 Å². The first-order valence-electron chi connectivity index (χ1n) is 5.64. The number of nitrogens with one attached hydrogen (secondary N) is 1. The van der Waals surface area contributed by atoms with Gasteiger partial charge in [0.15, 0.2) is 5.82 Å². The third kappa shape index (κ3) is 2.04. The van der Waals surface area contributed by atoms with Crippen molar-refractivity contribution in [2.24, 2.45) is 0 Å². The maximum atomic E-state index is 5.33. The molecule has 0 aromatic carbocycles. The molecule has 0 bridgehead atoms. The fraction of sp³-hybridized carbons (Fsp3) is 0.818. The van der Waals surface area contributed by atoms with Crippen molar-refractivity contribution in [3.8, 4) is 0 Å². The Morgan fingerprint density at radius 1 is 1.53 bits per heavy atom. The van der Waals surface area contributed by atoms with Gasteiger partial charge in [0.25, 0.3) is 0 Å². The van der Waals surface area contributed by atoms with E-state index in [1.807, 2.05) is 7.05 Å². The van der Waals surface area contributed by atoms with Crippen LogP contribution in [-0.2, 0) is 11.8 Å². The third-order valence-electron chi connectivity index (χ3n) is 3.42. The normalized spacial score (nSPS) is 21.0. The highest BCUT2D eigenvalue weighted by atomic mass is 16.5. The monoisotopic (exact) mass is 209 g/mol. The van der Waals surface area contributed by atoms with Gasteiger partial charge in [-0.15, -0.1) is 0 Å². The molecule has 1 aromatic rings. The molecule has 15 heavy (non-hydrogen) atoms. The van der Waals surface area contributed by atoms with E-state index in [4.69, 9.17) is 4.52 Å². The van der Waals surface area contributed by atoms with Crippen LogP contribution in [-0.4, -0.2) is 23.2 Å². The molecule has 0 saturated heterocycles. The number of rotatable bonds is 4. The number of hydrogen-bond donors (Lipinski definition) is 1. The van der Waals surface area contributed by atoms with Crippen LogP contribution in [0.1, 0.15) is 44.8 Å². The third-order valence-corrected chi connectivity index (χ3v) is 3.42. The molecule has 1 aliphatic carbocycles. The van der Waals surface area contributed by atoms with Crippen molar-refractivity contribution in [3.05, 3.63) is 11.7 Å². The quantitative estimate of drug-likeness (QED) is 0.819. The van der Waals surface area contributed by atoms with E-state index in [1.54, 1.807) is 0 Å². The lowest BCUT2D eigenvalue weighted by atomic mass is 9.70. The van der Waals surface area contributed by atoms with Crippen molar-refractivity contribution in [2.45, 2.75) is 51.0 Å². The predicted molar refractivity (Wildman–Crippen MR) is 57.7 cm³/mol. The molecule has 1 aliphatic rings. The molecular formula is C11H19N3O. The summed E-state index contributed by atoms with van der Waals surface area (Å²) in [5.41, 5.74) is 0.161. The van der Waals surface area contributed by atoms with Crippen LogP contribution in [0.4, 0.5) is 0 Å². The smallest absolute Gasteiger partial charge is 0.232 e. The summed E-state index contributed by atoms with van der Waals surface area (Å²) in [5, 5.41) is 7.19. The molecule has 0 radical (unpaired) electrons. The summed E-state index contributed by atoms with van der Waals surface area (Å²) in [5.74, 6) is 1.65. The van der Waals surface area contributed by atoms with E-state index < -0.39 is 0 Å². The van der Waals surface area contributed by atoms with Gasteiger partial charge in [0.05, 0.1) is 0 Å². The highest BCUT2D eigenvalue weighted by molar-refractivity contribution is 5.08. The zero-order valence-corrected chi connectivity index (χ0v) is 9.71. The summed E-state index contributed by atoms with van der Waals surface area (Å²) in [6.07, 6.45) is 4.46. The van der Waals surface area contributed by atoms with E-state index in [9.17, 15) is 0 Å². The molecule has 84 valence electrons. The Labute approximate surface area is 90.4 Å². The number of aromatic nitrogens is 2. The summed E-state index contributed by atoms with van der Waals surface area (Å²) >= 11 is 0. The number of hydrogen-bond acceptors (Lipinski definition) is 4. The molecular weight excluding hydrogens is 190 g/mol. The second-order valence-corrected chi connectivity index (χ2v) is 4.82. The molecule has 2 rings (SSSR count). The van der Waals surface area contributed by atoms with Gasteiger partial charge >= 0.3 is 0 Å². The van der Waals surface area contributed by atoms with E-state index in [0.29, 0.717) is 6.04 Å². The van der Waals surface area contributed by atoms with Crippen LogP contribution in [0.3, 0.4) is 0 Å². The van der Waals surface area contributed by atoms with Gasteiger partial charge < -0.3 is 9.84 Å². The minimum atomic E-state index is 0.161. The SMILES string of the molecule is CNC(C)Cc1noc(C2(C)CCC2)n1. The van der Waals surface area contributed by atoms with Gasteiger partial charge in [0, 0.05) is 17.9 Å². The molecule has 1 atom stereocenters. The zero-order valence-electron chi connectivity index (χ0n) is 9.71. The number of nitrogens with zero attached hydrogens (tertiary/aromatic N) is 2. The molecule has 1 N–H and O–H groups in total. The molecule has 1 aromatic heterocycles. The summed E-state index contributed by atoms with van der Waals surface area (Å²) in [6.45, 7) is 4.32. The van der Waals surface area contributed by atoms with Crippen LogP contribution in [0.25, 0.3) is 0 Å². The Hall–Kier alpha value is -0.900. The number of likely N-dealkylation sites (N-methyl/N-ethyl adjacent to an activating group) is 1. The Morgan fingerprint density at radius 2 is 2.27 bits per heavy atom. The molecule has 4 heteroatoms. The van der Waals surface area contributed by atoms with Gasteiger partial charge in [-0.3, -0.25) is 0 Å². The second-order valence-electron chi connectivity index (χ2n) is 4.82. The highest BCUT2D eigenvalue weighted by Crippen LogP contribution is 2.42. The van der Waals surface area contributed by atoms with Crippen molar-refractivity contribution in [3.63, 3.8) is 0 Å². The lowest BCUT2D eigenvalue weighted by molar-refractivity contribution is 0.194. The molecule has 1 unspecified atom stereocenters. The molecule has 4 nitrogen and oxygen atoms in total. The Balaban J connectivity index is 2.04. The summed E-state index contributed by atoms with van der Waals surface area (Å²) in [4.78, 5) is 4.47. The van der Waals surface area contributed by atoms with E-state index in [-0.39, 0.29) is 5.41 Å². The second kappa shape index (κ2) is 3.93. The van der Waals surface area contributed by atoms with Gasteiger partial charge in [-0.1, -0.05) is 18.5 Å². The van der Waals surface area contributed by atoms with E-state index in [2.05, 4.69) is 29.3 Å². The summed E-state index contributed by atoms with van der Waals surface area (Å²) in [6, 6.07) is 0.393. The van der Waals surface area contributed by atoms with Crippen LogP contribution in [0.2, 0.25) is 0 Å². The fourth-order valence-electron chi connectivity index (χ4n) is 1.88. The lowest BCUT2D eigenvalue weighted by Crippen LogP contribution is -2.30. The van der Waals surface area contributed by atoms with Crippen LogP contribution in [0, 0.1) is 0 Å². The van der Waals surface area contributed by atoms with Crippen LogP contribution in [0.5, 0.6) is 0 Å². The van der Waals surface area contributed by atoms with Crippen molar-refractivity contribution < 1.29 is 4.52 Å². The Bertz CT molecular complexity index is 330. The molecule has 0 spiro atoms. The van der Waals surface area contributed by atoms with Crippen LogP contribution in [0.15, 0.2) is 4.52 Å². The van der Waals surface area contributed by atoms with Crippen LogP contribution >= 0.6 is 0 Å². The van der Waals surface area contributed by atoms with Crippen molar-refractivity contribution >= 4 is 0 Å². The first-order valence-corrected chi connectivity index (χ1v) is 5.64. The molecule has 0 aliphatic heterocycles. The van der Waals surface area contributed by atoms with E-state index in [1.165, 1.54) is 19.3 Å². The average Bonchev–Trinajstić information content (AvgIpc) is 2.62. The largest absolute Gasteiger partial charge is 0.339 e. The summed E-state index contributed by atoms with van der Waals surface area (Å²) < 4.78 is 5.33. The van der Waals surface area contributed by atoms with Crippen molar-refractivity contribution in [1.82, 2.24) is 15.5 Å². The zero-order chi connectivity index (χ0) is 10.9. The first kappa shape index (κ1) is 10.6. The van der Waals surface area contributed by atoms with Gasteiger partial charge in [-0.05, 0) is 26.8 Å². The van der Waals surface area contributed by atoms with Gasteiger partial charge in [0.1, 0.15) is 0 Å². The van der Waals surface area contributed by atoms with Crippen molar-refractivity contribution in [1.29, 1.82) is 0 Å². The van der Waals surface area contributed by atoms with E-state index >= 15 is 0 Å². The minimum Gasteiger partial charge on any atom is -0.339 e. The van der Waals surface area contributed by atoms with Gasteiger partial charge in [0.2, 0.25) is 5.89 Å². The standard InChI is InChI=1S/C11H19N3O/c1-8(12-3)7-9-13-10(15-14-9)11(2)5-4-6-11/h8,12H,4-7H2,1-3H3. The fourth-order valence-corrected chi connectivity index (χ4v) is 1.88. The predicted octanol–water partition coefficient (Wildman–Crippen LogP) is 1.66. The van der Waals surface area contributed by atoms with Gasteiger partial charge in [-0.25, -0.2) is 0 Å². The Kier molecular flexibility index (Phi) is 2.78. The molecule has 1 heterocycles. The molecule has 1 saturated carbocycles. The average molecular weight is 209 g/mol. The van der Waals surface area contributed by atoms with Gasteiger partial charge in [-0.2, -0.15) is 4.98 Å². The highest BCUT2D eigenvalue weighted by Gasteiger charge is 2.38. The maximum Gasteiger partial charge on any atom is 0.232 e. The summed E-state index contributed by atoms with van der Waals surface area (Å²) in [7, 11) is 1.94. The lowest BCUT2D eigenvalue weighted by Gasteiger charge is -2.34. The van der Waals surface area contributed by atoms with E-state index in [0.717, 1.165) is 18.1 Å². The molecule has 0 amide bonds. The topological polar surface area (TPSA) is 51.0 Å². The first-order chi connectivity index (χ1) is 7.14. The van der Waals surface area contributed by atoms with Crippen molar-refractivity contribution in [2.75, 3.05) is 7.05 Å². The molecule has 1 fully saturated rings.